The van der Waals surface area contributed by atoms with Gasteiger partial charge in [0.1, 0.15) is 17.5 Å². The van der Waals surface area contributed by atoms with Crippen LogP contribution in [0, 0.1) is 0 Å². The lowest BCUT2D eigenvalue weighted by molar-refractivity contribution is -0.117. The molecular weight excluding hydrogens is 464 g/mol. The van der Waals surface area contributed by atoms with Crippen LogP contribution in [0.5, 0.6) is 11.5 Å². The minimum atomic E-state index is -4.06. The van der Waals surface area contributed by atoms with E-state index in [9.17, 15) is 13.2 Å². The van der Waals surface area contributed by atoms with Gasteiger partial charge in [0.2, 0.25) is 15.9 Å². The van der Waals surface area contributed by atoms with Crippen LogP contribution in [-0.4, -0.2) is 34.1 Å². The Kier molecular flexibility index (Phi) is 8.32. The first-order chi connectivity index (χ1) is 15.8. The monoisotopic (exact) mass is 488 g/mol. The number of sulfonamides is 1. The molecule has 1 amide bonds. The summed E-state index contributed by atoms with van der Waals surface area (Å²) in [5.74, 6) is 0.444. The van der Waals surface area contributed by atoms with E-state index in [2.05, 4.69) is 10.0 Å². The molecule has 3 rings (SSSR count). The van der Waals surface area contributed by atoms with Gasteiger partial charge < -0.3 is 14.8 Å². The van der Waals surface area contributed by atoms with Crippen LogP contribution in [0.3, 0.4) is 0 Å². The quantitative estimate of drug-likeness (QED) is 0.444. The predicted octanol–water partition coefficient (Wildman–Crippen LogP) is 4.28. The second-order valence-electron chi connectivity index (χ2n) is 7.11. The minimum Gasteiger partial charge on any atom is -0.497 e. The topological polar surface area (TPSA) is 93.7 Å². The third-order valence-electron chi connectivity index (χ3n) is 4.75. The van der Waals surface area contributed by atoms with E-state index in [0.29, 0.717) is 23.8 Å². The molecule has 7 nitrogen and oxygen atoms in total. The number of rotatable bonds is 10. The molecule has 0 saturated carbocycles. The predicted molar refractivity (Wildman–Crippen MR) is 129 cm³/mol. The van der Waals surface area contributed by atoms with Crippen molar-refractivity contribution < 1.29 is 22.7 Å². The molecule has 0 unspecified atom stereocenters. The zero-order chi connectivity index (χ0) is 23.8. The molecule has 1 atom stereocenters. The standard InChI is InChI=1S/C24H25ClN2O5S/c1-3-32-23-13-12-20(16-21(23)25)33(29,30)27-22(14-17-8-5-4-6-9-17)24(28)26-18-10-7-11-19(15-18)31-2/h4-13,15-16,22,27H,3,14H2,1-2H3,(H,26,28)/t22-/m0/s1. The molecule has 0 bridgehead atoms. The molecule has 0 fully saturated rings. The SMILES string of the molecule is CCOc1ccc(S(=O)(=O)N[C@@H](Cc2ccccc2)C(=O)Nc2cccc(OC)c2)cc1Cl. The number of amides is 1. The van der Waals surface area contributed by atoms with Crippen LogP contribution in [-0.2, 0) is 21.2 Å². The molecule has 2 N–H and O–H groups in total. The summed E-state index contributed by atoms with van der Waals surface area (Å²) < 4.78 is 39.3. The number of nitrogens with one attached hydrogen (secondary N) is 2. The Labute approximate surface area is 198 Å². The third-order valence-corrected chi connectivity index (χ3v) is 6.51. The van der Waals surface area contributed by atoms with Gasteiger partial charge in [-0.05, 0) is 49.2 Å². The summed E-state index contributed by atoms with van der Waals surface area (Å²) in [7, 11) is -2.54. The van der Waals surface area contributed by atoms with Crippen LogP contribution in [0.4, 0.5) is 5.69 Å². The lowest BCUT2D eigenvalue weighted by Crippen LogP contribution is -2.45. The number of hydrogen-bond acceptors (Lipinski definition) is 5. The highest BCUT2D eigenvalue weighted by Gasteiger charge is 2.27. The zero-order valence-corrected chi connectivity index (χ0v) is 19.8. The summed E-state index contributed by atoms with van der Waals surface area (Å²) in [5.41, 5.74) is 1.29. The Morgan fingerprint density at radius 3 is 2.45 bits per heavy atom. The van der Waals surface area contributed by atoms with Crippen molar-refractivity contribution in [3.05, 3.63) is 83.4 Å². The fourth-order valence-electron chi connectivity index (χ4n) is 3.14. The highest BCUT2D eigenvalue weighted by molar-refractivity contribution is 7.89. The largest absolute Gasteiger partial charge is 0.497 e. The number of ether oxygens (including phenoxy) is 2. The van der Waals surface area contributed by atoms with Crippen molar-refractivity contribution in [2.45, 2.75) is 24.3 Å². The normalized spacial score (nSPS) is 12.1. The van der Waals surface area contributed by atoms with Crippen LogP contribution < -0.4 is 19.5 Å². The molecular formula is C24H25ClN2O5S. The van der Waals surface area contributed by atoms with Gasteiger partial charge in [0, 0.05) is 11.8 Å². The first-order valence-electron chi connectivity index (χ1n) is 10.3. The summed E-state index contributed by atoms with van der Waals surface area (Å²) in [5, 5.41) is 2.92. The number of carbonyl (C=O) groups is 1. The Morgan fingerprint density at radius 2 is 1.79 bits per heavy atom. The van der Waals surface area contributed by atoms with Gasteiger partial charge in [-0.15, -0.1) is 0 Å². The molecule has 9 heteroatoms. The molecule has 0 heterocycles. The number of hydrogen-bond donors (Lipinski definition) is 2. The summed E-state index contributed by atoms with van der Waals surface area (Å²) in [6, 6.07) is 19.1. The van der Waals surface area contributed by atoms with Gasteiger partial charge in [0.25, 0.3) is 0 Å². The van der Waals surface area contributed by atoms with E-state index in [1.165, 1.54) is 25.3 Å². The van der Waals surface area contributed by atoms with E-state index in [1.807, 2.05) is 30.3 Å². The summed E-state index contributed by atoms with van der Waals surface area (Å²) in [4.78, 5) is 13.0. The van der Waals surface area contributed by atoms with Crippen molar-refractivity contribution in [3.8, 4) is 11.5 Å². The fraction of sp³-hybridized carbons (Fsp3) is 0.208. The Balaban J connectivity index is 1.87. The van der Waals surface area contributed by atoms with Crippen LogP contribution in [0.25, 0.3) is 0 Å². The van der Waals surface area contributed by atoms with Crippen molar-refractivity contribution in [1.82, 2.24) is 4.72 Å². The van der Waals surface area contributed by atoms with Gasteiger partial charge in [0.15, 0.2) is 0 Å². The van der Waals surface area contributed by atoms with E-state index in [4.69, 9.17) is 21.1 Å². The van der Waals surface area contributed by atoms with Crippen molar-refractivity contribution in [2.75, 3.05) is 19.0 Å². The van der Waals surface area contributed by atoms with E-state index < -0.39 is 22.0 Å². The molecule has 0 radical (unpaired) electrons. The van der Waals surface area contributed by atoms with Gasteiger partial charge in [-0.1, -0.05) is 48.0 Å². The highest BCUT2D eigenvalue weighted by Crippen LogP contribution is 2.27. The first kappa shape index (κ1) is 24.6. The lowest BCUT2D eigenvalue weighted by Gasteiger charge is -2.19. The Morgan fingerprint density at radius 1 is 1.03 bits per heavy atom. The molecule has 0 aliphatic carbocycles. The number of carbonyl (C=O) groups excluding carboxylic acids is 1. The Hall–Kier alpha value is -3.07. The molecule has 0 aromatic heterocycles. The lowest BCUT2D eigenvalue weighted by atomic mass is 10.1. The van der Waals surface area contributed by atoms with Gasteiger partial charge in [-0.2, -0.15) is 4.72 Å². The minimum absolute atomic E-state index is 0.0665. The number of benzene rings is 3. The van der Waals surface area contributed by atoms with Gasteiger partial charge in [0.05, 0.1) is 23.6 Å². The molecule has 3 aromatic rings. The van der Waals surface area contributed by atoms with Gasteiger partial charge >= 0.3 is 0 Å². The molecule has 0 spiro atoms. The average molecular weight is 489 g/mol. The van der Waals surface area contributed by atoms with E-state index >= 15 is 0 Å². The summed E-state index contributed by atoms with van der Waals surface area (Å²) >= 11 is 6.17. The van der Waals surface area contributed by atoms with Crippen molar-refractivity contribution >= 4 is 33.2 Å². The third kappa shape index (κ3) is 6.71. The maximum Gasteiger partial charge on any atom is 0.242 e. The smallest absolute Gasteiger partial charge is 0.242 e. The number of anilines is 1. The molecule has 0 aliphatic heterocycles. The summed E-state index contributed by atoms with van der Waals surface area (Å²) in [6.45, 7) is 2.20. The second kappa shape index (κ2) is 11.2. The maximum atomic E-state index is 13.1. The molecule has 0 saturated heterocycles. The Bertz CT molecular complexity index is 1200. The van der Waals surface area contributed by atoms with Crippen molar-refractivity contribution in [2.24, 2.45) is 0 Å². The molecule has 0 aliphatic rings. The number of halogens is 1. The number of methoxy groups -OCH3 is 1. The second-order valence-corrected chi connectivity index (χ2v) is 9.23. The fourth-order valence-corrected chi connectivity index (χ4v) is 4.67. The maximum absolute atomic E-state index is 13.1. The first-order valence-corrected chi connectivity index (χ1v) is 12.1. The summed E-state index contributed by atoms with van der Waals surface area (Å²) in [6.07, 6.45) is 0.153. The van der Waals surface area contributed by atoms with Gasteiger partial charge in [-0.25, -0.2) is 8.42 Å². The van der Waals surface area contributed by atoms with Crippen LogP contribution >= 0.6 is 11.6 Å². The van der Waals surface area contributed by atoms with E-state index in [0.717, 1.165) is 5.56 Å². The van der Waals surface area contributed by atoms with Crippen molar-refractivity contribution in [1.29, 1.82) is 0 Å². The average Bonchev–Trinajstić information content (AvgIpc) is 2.80. The molecule has 174 valence electrons. The highest BCUT2D eigenvalue weighted by atomic mass is 35.5. The zero-order valence-electron chi connectivity index (χ0n) is 18.2. The van der Waals surface area contributed by atoms with E-state index in [-0.39, 0.29) is 16.3 Å². The van der Waals surface area contributed by atoms with E-state index in [1.54, 1.807) is 31.2 Å². The van der Waals surface area contributed by atoms with Crippen LogP contribution in [0.15, 0.2) is 77.7 Å². The van der Waals surface area contributed by atoms with Crippen molar-refractivity contribution in [3.63, 3.8) is 0 Å². The van der Waals surface area contributed by atoms with Crippen LogP contribution in [0.1, 0.15) is 12.5 Å². The molecule has 3 aromatic carbocycles. The van der Waals surface area contributed by atoms with Crippen LogP contribution in [0.2, 0.25) is 5.02 Å². The molecule has 33 heavy (non-hydrogen) atoms. The van der Waals surface area contributed by atoms with Gasteiger partial charge in [-0.3, -0.25) is 4.79 Å².